The highest BCUT2D eigenvalue weighted by Crippen LogP contribution is 2.45. The van der Waals surface area contributed by atoms with Gasteiger partial charge in [-0.15, -0.1) is 22.7 Å². The van der Waals surface area contributed by atoms with Gasteiger partial charge in [0, 0.05) is 57.3 Å². The molecule has 0 saturated carbocycles. The Bertz CT molecular complexity index is 2830. The number of hydrogen-bond donors (Lipinski definition) is 0. The SMILES string of the molecule is c1ccc(-c2ccccc2N(c2ccc(-c3cccc4c3sc3ccccc34)cc2)c2ccc3cc4c(cc3c2)sc2ccccc24)cc1. The fourth-order valence-corrected chi connectivity index (χ4v) is 9.69. The molecule has 230 valence electrons. The lowest BCUT2D eigenvalue weighted by Gasteiger charge is -2.28. The first-order valence-corrected chi connectivity index (χ1v) is 18.2. The van der Waals surface area contributed by atoms with Crippen LogP contribution in [0.5, 0.6) is 0 Å². The maximum atomic E-state index is 2.42. The molecule has 0 aliphatic rings. The van der Waals surface area contributed by atoms with Gasteiger partial charge in [0.05, 0.1) is 5.69 Å². The van der Waals surface area contributed by atoms with Crippen LogP contribution < -0.4 is 4.90 Å². The van der Waals surface area contributed by atoms with Gasteiger partial charge in [-0.05, 0) is 82.1 Å². The molecule has 0 bridgehead atoms. The highest BCUT2D eigenvalue weighted by Gasteiger charge is 2.19. The number of nitrogens with zero attached hydrogens (tertiary/aromatic N) is 1. The number of para-hydroxylation sites is 1. The predicted octanol–water partition coefficient (Wildman–Crippen LogP) is 14.4. The lowest BCUT2D eigenvalue weighted by molar-refractivity contribution is 1.29. The molecular formula is C46H29NS2. The molecule has 2 aromatic heterocycles. The number of benzene rings is 8. The van der Waals surface area contributed by atoms with Crippen LogP contribution in [0, 0.1) is 0 Å². The summed E-state index contributed by atoms with van der Waals surface area (Å²) in [6.07, 6.45) is 0. The molecular weight excluding hydrogens is 631 g/mol. The summed E-state index contributed by atoms with van der Waals surface area (Å²) < 4.78 is 5.32. The van der Waals surface area contributed by atoms with Gasteiger partial charge in [-0.25, -0.2) is 0 Å². The third-order valence-corrected chi connectivity index (χ3v) is 12.0. The smallest absolute Gasteiger partial charge is 0.0540 e. The van der Waals surface area contributed by atoms with Crippen molar-refractivity contribution in [3.63, 3.8) is 0 Å². The van der Waals surface area contributed by atoms with Crippen LogP contribution in [0.4, 0.5) is 17.1 Å². The second kappa shape index (κ2) is 11.5. The van der Waals surface area contributed by atoms with Gasteiger partial charge in [-0.2, -0.15) is 0 Å². The van der Waals surface area contributed by atoms with E-state index in [-0.39, 0.29) is 0 Å². The Hall–Kier alpha value is -5.74. The third-order valence-electron chi connectivity index (χ3n) is 9.65. The van der Waals surface area contributed by atoms with Crippen molar-refractivity contribution in [2.75, 3.05) is 4.90 Å². The predicted molar refractivity (Wildman–Crippen MR) is 215 cm³/mol. The number of rotatable bonds is 5. The van der Waals surface area contributed by atoms with Gasteiger partial charge >= 0.3 is 0 Å². The number of anilines is 3. The van der Waals surface area contributed by atoms with Crippen LogP contribution >= 0.6 is 22.7 Å². The van der Waals surface area contributed by atoms with Crippen LogP contribution in [0.2, 0.25) is 0 Å². The van der Waals surface area contributed by atoms with E-state index in [1.807, 2.05) is 22.7 Å². The van der Waals surface area contributed by atoms with Crippen LogP contribution in [0.15, 0.2) is 176 Å². The minimum Gasteiger partial charge on any atom is -0.310 e. The van der Waals surface area contributed by atoms with Crippen molar-refractivity contribution in [3.8, 4) is 22.3 Å². The lowest BCUT2D eigenvalue weighted by atomic mass is 9.99. The summed E-state index contributed by atoms with van der Waals surface area (Å²) in [5.74, 6) is 0. The average Bonchev–Trinajstić information content (AvgIpc) is 3.73. The van der Waals surface area contributed by atoms with Crippen molar-refractivity contribution in [2.45, 2.75) is 0 Å². The summed E-state index contributed by atoms with van der Waals surface area (Å²) in [5.41, 5.74) is 8.30. The topological polar surface area (TPSA) is 3.24 Å². The first-order chi connectivity index (χ1) is 24.3. The maximum Gasteiger partial charge on any atom is 0.0540 e. The van der Waals surface area contributed by atoms with E-state index in [0.717, 1.165) is 17.1 Å². The van der Waals surface area contributed by atoms with E-state index < -0.39 is 0 Å². The third kappa shape index (κ3) is 4.74. The van der Waals surface area contributed by atoms with E-state index in [9.17, 15) is 0 Å². The van der Waals surface area contributed by atoms with Crippen molar-refractivity contribution in [2.24, 2.45) is 0 Å². The fourth-order valence-electron chi connectivity index (χ4n) is 7.32. The van der Waals surface area contributed by atoms with Crippen molar-refractivity contribution >= 4 is 90.9 Å². The summed E-state index contributed by atoms with van der Waals surface area (Å²) in [6.45, 7) is 0. The van der Waals surface area contributed by atoms with E-state index in [0.29, 0.717) is 0 Å². The standard InChI is InChI=1S/C46H29NS2/c1-2-11-30(12-3-1)36-13-4-7-18-42(36)47(35-26-23-32-28-41-39-15-6-8-19-43(39)48-45(41)29-33(32)27-35)34-24-21-31(22-25-34)37-16-10-17-40-38-14-5-9-20-44(38)49-46(37)40/h1-29H. The summed E-state index contributed by atoms with van der Waals surface area (Å²) in [5, 5.41) is 7.81. The van der Waals surface area contributed by atoms with Crippen LogP contribution in [-0.2, 0) is 0 Å². The highest BCUT2D eigenvalue weighted by atomic mass is 32.1. The van der Waals surface area contributed by atoms with E-state index >= 15 is 0 Å². The summed E-state index contributed by atoms with van der Waals surface area (Å²) >= 11 is 3.75. The molecule has 49 heavy (non-hydrogen) atoms. The normalized spacial score (nSPS) is 11.7. The first-order valence-electron chi connectivity index (χ1n) is 16.6. The quantitative estimate of drug-likeness (QED) is 0.178. The zero-order valence-electron chi connectivity index (χ0n) is 26.5. The summed E-state index contributed by atoms with van der Waals surface area (Å²) in [7, 11) is 0. The molecule has 0 saturated heterocycles. The van der Waals surface area contributed by atoms with Crippen LogP contribution in [0.1, 0.15) is 0 Å². The second-order valence-corrected chi connectivity index (χ2v) is 14.7. The van der Waals surface area contributed by atoms with E-state index in [2.05, 4.69) is 181 Å². The number of thiophene rings is 2. The number of hydrogen-bond acceptors (Lipinski definition) is 3. The Morgan fingerprint density at radius 3 is 1.82 bits per heavy atom. The van der Waals surface area contributed by atoms with Crippen molar-refractivity contribution in [1.29, 1.82) is 0 Å². The monoisotopic (exact) mass is 659 g/mol. The van der Waals surface area contributed by atoms with Crippen LogP contribution in [0.3, 0.4) is 0 Å². The van der Waals surface area contributed by atoms with Gasteiger partial charge < -0.3 is 4.90 Å². The fraction of sp³-hybridized carbons (Fsp3) is 0. The molecule has 0 atom stereocenters. The lowest BCUT2D eigenvalue weighted by Crippen LogP contribution is -2.11. The molecule has 8 aromatic carbocycles. The molecule has 3 heteroatoms. The molecule has 0 N–H and O–H groups in total. The molecule has 0 unspecified atom stereocenters. The Kier molecular flexibility index (Phi) is 6.61. The van der Waals surface area contributed by atoms with Gasteiger partial charge in [-0.1, -0.05) is 121 Å². The number of fused-ring (bicyclic) bond motifs is 7. The Morgan fingerprint density at radius 2 is 0.980 bits per heavy atom. The minimum absolute atomic E-state index is 1.12. The zero-order chi connectivity index (χ0) is 32.3. The molecule has 0 fully saturated rings. The average molecular weight is 660 g/mol. The van der Waals surface area contributed by atoms with Crippen LogP contribution in [-0.4, -0.2) is 0 Å². The molecule has 0 radical (unpaired) electrons. The molecule has 0 aliphatic carbocycles. The molecule has 10 rings (SSSR count). The molecule has 2 heterocycles. The van der Waals surface area contributed by atoms with Crippen molar-refractivity contribution < 1.29 is 0 Å². The summed E-state index contributed by atoms with van der Waals surface area (Å²) in [6, 6.07) is 64.4. The van der Waals surface area contributed by atoms with E-state index in [1.165, 1.54) is 73.4 Å². The maximum absolute atomic E-state index is 2.42. The minimum atomic E-state index is 1.12. The Balaban J connectivity index is 1.14. The van der Waals surface area contributed by atoms with Gasteiger partial charge in [0.2, 0.25) is 0 Å². The van der Waals surface area contributed by atoms with Crippen LogP contribution in [0.25, 0.3) is 73.4 Å². The Labute approximate surface area is 292 Å². The molecule has 0 amide bonds. The molecule has 0 aliphatic heterocycles. The second-order valence-electron chi connectivity index (χ2n) is 12.5. The first kappa shape index (κ1) is 28.3. The highest BCUT2D eigenvalue weighted by molar-refractivity contribution is 7.26. The molecule has 1 nitrogen and oxygen atoms in total. The van der Waals surface area contributed by atoms with E-state index in [1.54, 1.807) is 0 Å². The van der Waals surface area contributed by atoms with Gasteiger partial charge in [0.25, 0.3) is 0 Å². The molecule has 0 spiro atoms. The molecule has 10 aromatic rings. The van der Waals surface area contributed by atoms with Crippen molar-refractivity contribution in [3.05, 3.63) is 176 Å². The largest absolute Gasteiger partial charge is 0.310 e. The summed E-state index contributed by atoms with van der Waals surface area (Å²) in [4.78, 5) is 2.42. The van der Waals surface area contributed by atoms with Crippen molar-refractivity contribution in [1.82, 2.24) is 0 Å². The van der Waals surface area contributed by atoms with Gasteiger partial charge in [0.15, 0.2) is 0 Å². The van der Waals surface area contributed by atoms with Gasteiger partial charge in [-0.3, -0.25) is 0 Å². The van der Waals surface area contributed by atoms with E-state index in [4.69, 9.17) is 0 Å². The van der Waals surface area contributed by atoms with Gasteiger partial charge in [0.1, 0.15) is 0 Å². The Morgan fingerprint density at radius 1 is 0.347 bits per heavy atom. The zero-order valence-corrected chi connectivity index (χ0v) is 28.1.